The van der Waals surface area contributed by atoms with Crippen LogP contribution in [-0.2, 0) is 9.53 Å². The Morgan fingerprint density at radius 2 is 1.96 bits per heavy atom. The molecule has 6 nitrogen and oxygen atoms in total. The molecular formula is C17H21BrN2O4. The van der Waals surface area contributed by atoms with Gasteiger partial charge in [-0.3, -0.25) is 19.3 Å². The van der Waals surface area contributed by atoms with Gasteiger partial charge in [-0.2, -0.15) is 0 Å². The number of amides is 3. The summed E-state index contributed by atoms with van der Waals surface area (Å²) in [5, 5.41) is 2.80. The highest BCUT2D eigenvalue weighted by molar-refractivity contribution is 9.10. The Morgan fingerprint density at radius 3 is 2.71 bits per heavy atom. The molecule has 0 atom stereocenters. The number of halogens is 1. The summed E-state index contributed by atoms with van der Waals surface area (Å²) in [5.74, 6) is -0.668. The van der Waals surface area contributed by atoms with Crippen molar-refractivity contribution in [2.75, 3.05) is 26.3 Å². The van der Waals surface area contributed by atoms with Crippen LogP contribution in [0.15, 0.2) is 22.7 Å². The van der Waals surface area contributed by atoms with E-state index in [2.05, 4.69) is 21.2 Å². The van der Waals surface area contributed by atoms with Crippen molar-refractivity contribution in [3.63, 3.8) is 0 Å². The molecule has 24 heavy (non-hydrogen) atoms. The predicted octanol–water partition coefficient (Wildman–Crippen LogP) is 2.37. The average Bonchev–Trinajstić information content (AvgIpc) is 2.79. The zero-order chi connectivity index (χ0) is 17.5. The average molecular weight is 397 g/mol. The highest BCUT2D eigenvalue weighted by Gasteiger charge is 2.35. The van der Waals surface area contributed by atoms with Gasteiger partial charge in [0, 0.05) is 37.2 Å². The Bertz CT molecular complexity index is 633. The van der Waals surface area contributed by atoms with E-state index in [1.807, 2.05) is 6.92 Å². The number of hydrogen-bond donors (Lipinski definition) is 1. The molecule has 130 valence electrons. The lowest BCUT2D eigenvalue weighted by molar-refractivity contribution is -0.121. The number of rotatable bonds is 9. The Hall–Kier alpha value is -1.73. The molecule has 0 unspecified atom stereocenters. The van der Waals surface area contributed by atoms with Crippen molar-refractivity contribution in [3.05, 3.63) is 33.8 Å². The van der Waals surface area contributed by atoms with Gasteiger partial charge in [-0.25, -0.2) is 0 Å². The molecule has 1 heterocycles. The van der Waals surface area contributed by atoms with Crippen LogP contribution in [0.1, 0.15) is 46.9 Å². The van der Waals surface area contributed by atoms with Crippen LogP contribution in [0.5, 0.6) is 0 Å². The molecule has 0 fully saturated rings. The van der Waals surface area contributed by atoms with Crippen LogP contribution < -0.4 is 5.32 Å². The van der Waals surface area contributed by atoms with Crippen molar-refractivity contribution < 1.29 is 19.1 Å². The quantitative estimate of drug-likeness (QED) is 0.513. The molecule has 1 aromatic carbocycles. The zero-order valence-electron chi connectivity index (χ0n) is 13.6. The van der Waals surface area contributed by atoms with E-state index in [0.29, 0.717) is 37.3 Å². The molecule has 3 amide bonds. The van der Waals surface area contributed by atoms with Crippen LogP contribution in [0.2, 0.25) is 0 Å². The minimum Gasteiger partial charge on any atom is -0.382 e. The van der Waals surface area contributed by atoms with Crippen molar-refractivity contribution in [1.82, 2.24) is 10.2 Å². The molecular weight excluding hydrogens is 376 g/mol. The minimum absolute atomic E-state index is 0.0779. The van der Waals surface area contributed by atoms with Gasteiger partial charge in [0.1, 0.15) is 0 Å². The SMILES string of the molecule is CCOCCCNC(=O)CCCN1C(=O)c2ccc(Br)cc2C1=O. The van der Waals surface area contributed by atoms with Gasteiger partial charge in [-0.15, -0.1) is 0 Å². The number of fused-ring (bicyclic) bond motifs is 1. The summed E-state index contributed by atoms with van der Waals surface area (Å²) < 4.78 is 5.95. The third kappa shape index (κ3) is 4.64. The maximum absolute atomic E-state index is 12.3. The fourth-order valence-corrected chi connectivity index (χ4v) is 2.86. The molecule has 2 rings (SSSR count). The molecule has 0 aliphatic carbocycles. The number of carbonyl (C=O) groups excluding carboxylic acids is 3. The van der Waals surface area contributed by atoms with Crippen LogP contribution >= 0.6 is 15.9 Å². The van der Waals surface area contributed by atoms with Crippen molar-refractivity contribution in [1.29, 1.82) is 0 Å². The lowest BCUT2D eigenvalue weighted by Crippen LogP contribution is -2.32. The van der Waals surface area contributed by atoms with E-state index >= 15 is 0 Å². The molecule has 1 N–H and O–H groups in total. The molecule has 1 aromatic rings. The summed E-state index contributed by atoms with van der Waals surface area (Å²) >= 11 is 3.30. The van der Waals surface area contributed by atoms with Gasteiger partial charge in [0.2, 0.25) is 5.91 Å². The third-order valence-electron chi connectivity index (χ3n) is 3.71. The van der Waals surface area contributed by atoms with E-state index in [1.54, 1.807) is 18.2 Å². The smallest absolute Gasteiger partial charge is 0.261 e. The Labute approximate surface area is 149 Å². The molecule has 1 aliphatic rings. The molecule has 0 saturated carbocycles. The van der Waals surface area contributed by atoms with Gasteiger partial charge >= 0.3 is 0 Å². The summed E-state index contributed by atoms with van der Waals surface area (Å²) in [6, 6.07) is 5.04. The molecule has 0 radical (unpaired) electrons. The number of benzene rings is 1. The first kappa shape index (κ1) is 18.6. The summed E-state index contributed by atoms with van der Waals surface area (Å²) in [5.41, 5.74) is 0.832. The molecule has 0 bridgehead atoms. The third-order valence-corrected chi connectivity index (χ3v) is 4.20. The minimum atomic E-state index is -0.298. The van der Waals surface area contributed by atoms with Crippen LogP contribution in [0.25, 0.3) is 0 Å². The Morgan fingerprint density at radius 1 is 1.21 bits per heavy atom. The Kier molecular flexibility index (Phi) is 6.93. The fourth-order valence-electron chi connectivity index (χ4n) is 2.50. The monoisotopic (exact) mass is 396 g/mol. The van der Waals surface area contributed by atoms with E-state index in [-0.39, 0.29) is 30.7 Å². The lowest BCUT2D eigenvalue weighted by Gasteiger charge is -2.13. The fraction of sp³-hybridized carbons (Fsp3) is 0.471. The van der Waals surface area contributed by atoms with Gasteiger partial charge in [0.25, 0.3) is 11.8 Å². The first-order valence-corrected chi connectivity index (χ1v) is 8.84. The van der Waals surface area contributed by atoms with Gasteiger partial charge in [0.05, 0.1) is 11.1 Å². The van der Waals surface area contributed by atoms with Gasteiger partial charge in [0.15, 0.2) is 0 Å². The van der Waals surface area contributed by atoms with Crippen molar-refractivity contribution in [2.24, 2.45) is 0 Å². The molecule has 1 aliphatic heterocycles. The van der Waals surface area contributed by atoms with Crippen molar-refractivity contribution >= 4 is 33.7 Å². The van der Waals surface area contributed by atoms with E-state index < -0.39 is 0 Å². The van der Waals surface area contributed by atoms with Crippen LogP contribution in [0.3, 0.4) is 0 Å². The van der Waals surface area contributed by atoms with Gasteiger partial charge < -0.3 is 10.1 Å². The number of imide groups is 1. The number of ether oxygens (including phenoxy) is 1. The summed E-state index contributed by atoms with van der Waals surface area (Å²) in [7, 11) is 0. The second-order valence-electron chi connectivity index (χ2n) is 5.46. The second kappa shape index (κ2) is 8.94. The summed E-state index contributed by atoms with van der Waals surface area (Å²) in [4.78, 5) is 37.5. The first-order valence-electron chi connectivity index (χ1n) is 8.04. The highest BCUT2D eigenvalue weighted by Crippen LogP contribution is 2.26. The first-order chi connectivity index (χ1) is 11.5. The van der Waals surface area contributed by atoms with Crippen molar-refractivity contribution in [2.45, 2.75) is 26.2 Å². The molecule has 0 saturated heterocycles. The molecule has 0 aromatic heterocycles. The zero-order valence-corrected chi connectivity index (χ0v) is 15.2. The maximum atomic E-state index is 12.3. The van der Waals surface area contributed by atoms with Crippen LogP contribution in [0, 0.1) is 0 Å². The van der Waals surface area contributed by atoms with Gasteiger partial charge in [-0.05, 0) is 38.0 Å². The van der Waals surface area contributed by atoms with E-state index in [4.69, 9.17) is 4.74 Å². The van der Waals surface area contributed by atoms with E-state index in [0.717, 1.165) is 10.9 Å². The maximum Gasteiger partial charge on any atom is 0.261 e. The van der Waals surface area contributed by atoms with Gasteiger partial charge in [-0.1, -0.05) is 15.9 Å². The number of carbonyl (C=O) groups is 3. The van der Waals surface area contributed by atoms with Crippen molar-refractivity contribution in [3.8, 4) is 0 Å². The van der Waals surface area contributed by atoms with Crippen LogP contribution in [-0.4, -0.2) is 48.9 Å². The summed E-state index contributed by atoms with van der Waals surface area (Å²) in [6.45, 7) is 4.04. The molecule has 0 spiro atoms. The van der Waals surface area contributed by atoms with E-state index in [9.17, 15) is 14.4 Å². The molecule has 7 heteroatoms. The highest BCUT2D eigenvalue weighted by atomic mass is 79.9. The van der Waals surface area contributed by atoms with Crippen LogP contribution in [0.4, 0.5) is 0 Å². The number of nitrogens with zero attached hydrogens (tertiary/aromatic N) is 1. The lowest BCUT2D eigenvalue weighted by atomic mass is 10.1. The normalized spacial score (nSPS) is 13.3. The Balaban J connectivity index is 1.74. The predicted molar refractivity (Wildman–Crippen MR) is 92.9 cm³/mol. The number of nitrogens with one attached hydrogen (secondary N) is 1. The second-order valence-corrected chi connectivity index (χ2v) is 6.37. The standard InChI is InChI=1S/C17H21BrN2O4/c1-2-24-10-4-8-19-15(21)5-3-9-20-16(22)13-7-6-12(18)11-14(13)17(20)23/h6-7,11H,2-5,8-10H2,1H3,(H,19,21). The summed E-state index contributed by atoms with van der Waals surface area (Å²) in [6.07, 6.45) is 1.50. The largest absolute Gasteiger partial charge is 0.382 e. The topological polar surface area (TPSA) is 75.7 Å². The number of hydrogen-bond acceptors (Lipinski definition) is 4. The van der Waals surface area contributed by atoms with E-state index in [1.165, 1.54) is 4.90 Å².